The third-order valence-electron chi connectivity index (χ3n) is 25.6. The molecule has 11 aromatic rings. The first-order valence-corrected chi connectivity index (χ1v) is 50.2. The average molecular weight is 1780 g/mol. The van der Waals surface area contributed by atoms with Gasteiger partial charge in [0, 0.05) is 96.4 Å². The van der Waals surface area contributed by atoms with E-state index in [1.165, 1.54) is 180 Å². The molecule has 0 spiro atoms. The Bertz CT molecular complexity index is 5300. The van der Waals surface area contributed by atoms with E-state index < -0.39 is 0 Å². The summed E-state index contributed by atoms with van der Waals surface area (Å²) in [5.74, 6) is -1.46. The minimum atomic E-state index is -0.368. The van der Waals surface area contributed by atoms with E-state index in [2.05, 4.69) is 158 Å². The number of pyridine rings is 4. The number of H-pyrrole nitrogens is 1. The first-order chi connectivity index (χ1) is 65.2. The van der Waals surface area contributed by atoms with E-state index >= 15 is 0 Å². The van der Waals surface area contributed by atoms with Gasteiger partial charge in [-0.2, -0.15) is 0 Å². The van der Waals surface area contributed by atoms with Crippen LogP contribution in [0.1, 0.15) is 321 Å². The molecule has 0 saturated heterocycles. The third-order valence-corrected chi connectivity index (χ3v) is 25.6. The number of fused-ring (bicyclic) bond motifs is 8. The standard InChI is InChI=1S/C116H140N8O8/c125-113(129-89-49-29-21-13-5-1-9-17-25-37-77-121-81-41-33-42-82-121)97-61-53-93(54-62-97)109-101-69-71-103(117-101)110(94-55-63-98(64-56-94)114(126)130-90-50-30-22-14-6-2-10-18-26-38-78-122-83-43-34-44-84-122)105-73-75-107(119-105)112(96-59-67-100(68-60-96)116(128)132-92-52-32-24-16-8-4-12-20-28-40-80-124-87-47-36-48-88-124)108-76-74-106(120-108)111(104-72-70-102(109)118-104)95-57-65-99(66-58-95)115(127)131-91-51-31-23-15-7-3-11-19-27-39-79-123-85-45-35-46-86-123/h33-36,41-48,53-76,81-88H,1-32,37-40,49-52,77-80,89-92H2/q+2/p+1. The number of aryl methyl sites for hydroxylation is 4. The topological polar surface area (TPSA) is 176 Å². The fraction of sp³-hybridized carbons (Fsp3) is 0.414. The van der Waals surface area contributed by atoms with Crippen LogP contribution in [0.15, 0.2) is 244 Å². The zero-order valence-electron chi connectivity index (χ0n) is 78.2. The Balaban J connectivity index is 0.727. The Morgan fingerprint density at radius 3 is 0.720 bits per heavy atom. The second kappa shape index (κ2) is 56.0. The fourth-order valence-corrected chi connectivity index (χ4v) is 18.0. The van der Waals surface area contributed by atoms with E-state index in [-0.39, 0.29) is 23.9 Å². The number of benzene rings is 4. The zero-order valence-corrected chi connectivity index (χ0v) is 78.2. The van der Waals surface area contributed by atoms with Gasteiger partial charge in [-0.1, -0.05) is 265 Å². The Morgan fingerprint density at radius 1 is 0.227 bits per heavy atom. The summed E-state index contributed by atoms with van der Waals surface area (Å²) in [6.07, 6.45) is 71.7. The van der Waals surface area contributed by atoms with Crippen molar-refractivity contribution in [1.29, 1.82) is 0 Å². The molecule has 2 aliphatic rings. The van der Waals surface area contributed by atoms with Crippen molar-refractivity contribution in [3.63, 3.8) is 0 Å². The van der Waals surface area contributed by atoms with Crippen molar-refractivity contribution >= 4 is 70.2 Å². The summed E-state index contributed by atoms with van der Waals surface area (Å²) in [5.41, 5.74) is 13.4. The first kappa shape index (κ1) is 97.5. The van der Waals surface area contributed by atoms with Crippen LogP contribution in [0, 0.1) is 0 Å². The molecule has 0 fully saturated rings. The quantitative estimate of drug-likeness (QED) is 0.0166. The van der Waals surface area contributed by atoms with Crippen molar-refractivity contribution in [3.05, 3.63) is 289 Å². The molecule has 1 N–H and O–H groups in total. The monoisotopic (exact) mass is 1770 g/mol. The van der Waals surface area contributed by atoms with Crippen molar-refractivity contribution in [1.82, 2.24) is 19.9 Å². The highest BCUT2D eigenvalue weighted by Crippen LogP contribution is 2.40. The van der Waals surface area contributed by atoms with Crippen LogP contribution in [0.5, 0.6) is 0 Å². The van der Waals surface area contributed by atoms with Crippen LogP contribution in [0.3, 0.4) is 0 Å². The minimum absolute atomic E-state index is 0.355. The van der Waals surface area contributed by atoms with Crippen LogP contribution in [-0.2, 0) is 45.1 Å². The van der Waals surface area contributed by atoms with Crippen molar-refractivity contribution < 1.29 is 56.4 Å². The van der Waals surface area contributed by atoms with Gasteiger partial charge in [0.1, 0.15) is 26.2 Å². The number of esters is 4. The number of aromatic nitrogens is 8. The summed E-state index contributed by atoms with van der Waals surface area (Å²) in [4.78, 5) is 76.0. The first-order valence-electron chi connectivity index (χ1n) is 50.2. The Hall–Kier alpha value is -12.0. The molecule has 0 saturated carbocycles. The zero-order chi connectivity index (χ0) is 90.9. The molecule has 0 aliphatic carbocycles. The van der Waals surface area contributed by atoms with Crippen LogP contribution in [0.4, 0.5) is 0 Å². The highest BCUT2D eigenvalue weighted by molar-refractivity contribution is 6.02. The Kier molecular flexibility index (Phi) is 41.3. The second-order valence-corrected chi connectivity index (χ2v) is 35.9. The van der Waals surface area contributed by atoms with Gasteiger partial charge in [-0.3, -0.25) is 0 Å². The lowest BCUT2D eigenvalue weighted by Gasteiger charge is -2.13. The van der Waals surface area contributed by atoms with Gasteiger partial charge >= 0.3 is 23.9 Å². The molecule has 8 bridgehead atoms. The van der Waals surface area contributed by atoms with Crippen LogP contribution in [0.2, 0.25) is 0 Å². The SMILES string of the molecule is O=C(OCCCCCCCCCCCC[n+]1ccccc1)c1ccc(-c2c3nc(c(-c4ccc(C(=O)OCCCCCCCCCCCC[n+]5ccccc5)cc4)c4ccc([n-]4)c(-c4ccc(C(=O)OCCCCCCCCCCCC[n+]5ccccc5)cc4)c4ccc([nH]4)c(-c4ccc(C(=O)OCCCCCCCCCCCC[n+]5ccccc5)cc4)c4nc2C=C4)C=C3)cc1. The van der Waals surface area contributed by atoms with Crippen LogP contribution in [0.25, 0.3) is 90.9 Å². The number of nitrogens with zero attached hydrogens (tertiary/aromatic N) is 7. The lowest BCUT2D eigenvalue weighted by Crippen LogP contribution is -2.32. The van der Waals surface area contributed by atoms with Crippen molar-refractivity contribution in [3.8, 4) is 44.5 Å². The normalized spacial score (nSPS) is 11.6. The molecule has 16 heteroatoms. The highest BCUT2D eigenvalue weighted by atomic mass is 16.5. The summed E-state index contributed by atoms with van der Waals surface area (Å²) in [5, 5.41) is 0. The molecule has 132 heavy (non-hydrogen) atoms. The van der Waals surface area contributed by atoms with Crippen LogP contribution >= 0.6 is 0 Å². The maximum atomic E-state index is 13.9. The third kappa shape index (κ3) is 32.2. The van der Waals surface area contributed by atoms with E-state index in [0.29, 0.717) is 82.5 Å². The molecule has 690 valence electrons. The van der Waals surface area contributed by atoms with Crippen molar-refractivity contribution in [2.75, 3.05) is 26.4 Å². The van der Waals surface area contributed by atoms with Gasteiger partial charge in [0.2, 0.25) is 0 Å². The van der Waals surface area contributed by atoms with Gasteiger partial charge in [-0.25, -0.2) is 47.4 Å². The predicted molar refractivity (Wildman–Crippen MR) is 532 cm³/mol. The fourth-order valence-electron chi connectivity index (χ4n) is 18.0. The molecule has 16 nitrogen and oxygen atoms in total. The number of aromatic amines is 1. The van der Waals surface area contributed by atoms with Gasteiger partial charge in [0.25, 0.3) is 0 Å². The van der Waals surface area contributed by atoms with Gasteiger partial charge < -0.3 is 28.9 Å². The molecule has 2 aliphatic heterocycles. The molecule has 0 amide bonds. The van der Waals surface area contributed by atoms with E-state index in [9.17, 15) is 19.2 Å². The molecule has 0 unspecified atom stereocenters. The number of carbonyl (C=O) groups is 4. The van der Waals surface area contributed by atoms with E-state index in [1.54, 1.807) is 0 Å². The summed E-state index contributed by atoms with van der Waals surface area (Å²) < 4.78 is 32.7. The van der Waals surface area contributed by atoms with Crippen LogP contribution < -0.4 is 23.3 Å². The molecule has 9 heterocycles. The van der Waals surface area contributed by atoms with Gasteiger partial charge in [0.15, 0.2) is 49.6 Å². The van der Waals surface area contributed by atoms with E-state index in [0.717, 1.165) is 159 Å². The second-order valence-electron chi connectivity index (χ2n) is 35.9. The lowest BCUT2D eigenvalue weighted by atomic mass is 10.0. The summed E-state index contributed by atoms with van der Waals surface area (Å²) in [7, 11) is 0. The highest BCUT2D eigenvalue weighted by Gasteiger charge is 2.22. The molecular formula is C116H141N8O8+3. The molecule has 7 aromatic heterocycles. The molecule has 0 radical (unpaired) electrons. The van der Waals surface area contributed by atoms with Crippen LogP contribution in [-0.4, -0.2) is 65.3 Å². The summed E-state index contributed by atoms with van der Waals surface area (Å²) in [6, 6.07) is 63.4. The largest absolute Gasteiger partial charge is 0.657 e. The minimum Gasteiger partial charge on any atom is -0.657 e. The molecular weight excluding hydrogens is 1630 g/mol. The molecule has 0 atom stereocenters. The Labute approximate surface area is 784 Å². The average Bonchev–Trinajstić information content (AvgIpc) is 1.61. The van der Waals surface area contributed by atoms with Crippen molar-refractivity contribution in [2.24, 2.45) is 0 Å². The number of hydrogen-bond acceptors (Lipinski definition) is 10. The number of unbranched alkanes of at least 4 members (excludes halogenated alkanes) is 36. The van der Waals surface area contributed by atoms with Gasteiger partial charge in [-0.05, 0) is 170 Å². The summed E-state index contributed by atoms with van der Waals surface area (Å²) >= 11 is 0. The maximum Gasteiger partial charge on any atom is 0.338 e. The molecule has 4 aromatic carbocycles. The predicted octanol–water partition coefficient (Wildman–Crippen LogP) is 27.1. The number of rotatable bonds is 60. The molecule has 13 rings (SSSR count). The smallest absolute Gasteiger partial charge is 0.338 e. The van der Waals surface area contributed by atoms with Gasteiger partial charge in [0.05, 0.1) is 71.5 Å². The number of carbonyl (C=O) groups excluding carboxylic acids is 4. The van der Waals surface area contributed by atoms with E-state index in [1.807, 2.05) is 133 Å². The lowest BCUT2D eigenvalue weighted by molar-refractivity contribution is -0.697. The van der Waals surface area contributed by atoms with Gasteiger partial charge in [-0.15, -0.1) is 11.0 Å². The number of hydrogen-bond donors (Lipinski definition) is 1. The van der Waals surface area contributed by atoms with E-state index in [4.69, 9.17) is 33.9 Å². The number of ether oxygens (including phenoxy) is 4. The Morgan fingerprint density at radius 2 is 0.439 bits per heavy atom. The maximum absolute atomic E-state index is 13.9. The van der Waals surface area contributed by atoms with Crippen molar-refractivity contribution in [2.45, 2.75) is 283 Å². The summed E-state index contributed by atoms with van der Waals surface area (Å²) in [6.45, 7) is 5.72. The number of nitrogens with one attached hydrogen (secondary N) is 1.